The fourth-order valence-corrected chi connectivity index (χ4v) is 4.89. The van der Waals surface area contributed by atoms with Gasteiger partial charge in [-0.1, -0.05) is 91.0 Å². The summed E-state index contributed by atoms with van der Waals surface area (Å²) in [5.41, 5.74) is 1.96. The molecular weight excluding hydrogens is 568 g/mol. The van der Waals surface area contributed by atoms with Gasteiger partial charge in [-0.2, -0.15) is 0 Å². The summed E-state index contributed by atoms with van der Waals surface area (Å²) in [5.74, 6) is -0.153. The number of nitro groups is 2. The number of nitrogens with zero attached hydrogens (tertiary/aromatic N) is 2. The zero-order valence-electron chi connectivity index (χ0n) is 23.8. The van der Waals surface area contributed by atoms with E-state index in [4.69, 9.17) is 23.7 Å². The van der Waals surface area contributed by atoms with E-state index in [9.17, 15) is 20.2 Å². The molecule has 1 saturated heterocycles. The first-order valence-corrected chi connectivity index (χ1v) is 14.1. The van der Waals surface area contributed by atoms with Crippen molar-refractivity contribution in [3.05, 3.63) is 146 Å². The zero-order valence-corrected chi connectivity index (χ0v) is 23.8. The highest BCUT2D eigenvalue weighted by Gasteiger charge is 2.42. The van der Waals surface area contributed by atoms with Crippen molar-refractivity contribution in [2.24, 2.45) is 0 Å². The van der Waals surface area contributed by atoms with Crippen LogP contribution in [0.15, 0.2) is 109 Å². The Kier molecular flexibility index (Phi) is 10.6. The molecule has 1 heterocycles. The van der Waals surface area contributed by atoms with Gasteiger partial charge < -0.3 is 23.7 Å². The lowest BCUT2D eigenvalue weighted by molar-refractivity contribution is -0.395. The molecule has 1 fully saturated rings. The van der Waals surface area contributed by atoms with Crippen LogP contribution in [0.2, 0.25) is 0 Å². The molecule has 4 aromatic carbocycles. The van der Waals surface area contributed by atoms with Crippen molar-refractivity contribution in [3.63, 3.8) is 0 Å². The lowest BCUT2D eigenvalue weighted by Gasteiger charge is -2.41. The highest BCUT2D eigenvalue weighted by Crippen LogP contribution is 2.35. The third-order valence-electron chi connectivity index (χ3n) is 7.08. The van der Waals surface area contributed by atoms with Crippen molar-refractivity contribution < 1.29 is 33.5 Å². The maximum atomic E-state index is 11.8. The summed E-state index contributed by atoms with van der Waals surface area (Å²) in [6.45, 7) is 1.05. The number of benzene rings is 4. The van der Waals surface area contributed by atoms with Crippen molar-refractivity contribution in [2.45, 2.75) is 50.8 Å². The number of rotatable bonds is 14. The van der Waals surface area contributed by atoms with Crippen LogP contribution in [0.3, 0.4) is 0 Å². The van der Waals surface area contributed by atoms with Crippen LogP contribution in [0.25, 0.3) is 0 Å². The van der Waals surface area contributed by atoms with Gasteiger partial charge in [-0.25, -0.2) is 0 Å². The van der Waals surface area contributed by atoms with Crippen LogP contribution in [0, 0.1) is 20.2 Å². The quantitative estimate of drug-likeness (QED) is 0.119. The predicted molar refractivity (Wildman–Crippen MR) is 160 cm³/mol. The maximum Gasteiger partial charge on any atom is 0.317 e. The van der Waals surface area contributed by atoms with Crippen molar-refractivity contribution in [1.29, 1.82) is 0 Å². The molecular formula is C33H32N2O9. The lowest BCUT2D eigenvalue weighted by atomic mass is 10.0. The Bertz CT molecular complexity index is 1510. The van der Waals surface area contributed by atoms with Crippen LogP contribution in [-0.4, -0.2) is 41.1 Å². The molecule has 0 saturated carbocycles. The van der Waals surface area contributed by atoms with E-state index in [1.165, 1.54) is 6.07 Å². The molecule has 11 nitrogen and oxygen atoms in total. The molecule has 5 rings (SSSR count). The monoisotopic (exact) mass is 600 g/mol. The summed E-state index contributed by atoms with van der Waals surface area (Å²) in [6, 6.07) is 32.3. The van der Waals surface area contributed by atoms with Gasteiger partial charge in [0.15, 0.2) is 0 Å². The van der Waals surface area contributed by atoms with Gasteiger partial charge in [0, 0.05) is 12.5 Å². The van der Waals surface area contributed by atoms with Gasteiger partial charge in [0.05, 0.1) is 48.4 Å². The SMILES string of the molecule is O=[N+]([O-])c1ccc(O[C@H]2C[C@@H](OCc3ccccc3)[C@@H](OCc3ccccc3)[C@@H](COCc3ccccc3)O2)c([N+](=O)[O-])c1. The topological polar surface area (TPSA) is 132 Å². The number of nitro benzene ring substituents is 2. The van der Waals surface area contributed by atoms with Crippen molar-refractivity contribution >= 4 is 11.4 Å². The fraction of sp³-hybridized carbons (Fsp3) is 0.273. The number of hydrogen-bond acceptors (Lipinski definition) is 9. The zero-order chi connectivity index (χ0) is 30.7. The highest BCUT2D eigenvalue weighted by molar-refractivity contribution is 5.53. The molecule has 0 spiro atoms. The minimum absolute atomic E-state index is 0.127. The van der Waals surface area contributed by atoms with E-state index in [2.05, 4.69) is 0 Å². The third-order valence-corrected chi connectivity index (χ3v) is 7.08. The van der Waals surface area contributed by atoms with Crippen molar-refractivity contribution in [3.8, 4) is 5.75 Å². The van der Waals surface area contributed by atoms with Gasteiger partial charge in [-0.3, -0.25) is 20.2 Å². The Labute approximate surface area is 254 Å². The van der Waals surface area contributed by atoms with Gasteiger partial charge in [0.25, 0.3) is 5.69 Å². The van der Waals surface area contributed by atoms with Crippen molar-refractivity contribution in [2.75, 3.05) is 6.61 Å². The van der Waals surface area contributed by atoms with Gasteiger partial charge in [0.1, 0.15) is 12.2 Å². The van der Waals surface area contributed by atoms with Gasteiger partial charge in [-0.05, 0) is 22.8 Å². The number of non-ortho nitro benzene ring substituents is 1. The molecule has 4 atom stereocenters. The van der Waals surface area contributed by atoms with Gasteiger partial charge in [-0.15, -0.1) is 0 Å². The predicted octanol–water partition coefficient (Wildman–Crippen LogP) is 6.38. The van der Waals surface area contributed by atoms with E-state index in [0.29, 0.717) is 19.8 Å². The maximum absolute atomic E-state index is 11.8. The third kappa shape index (κ3) is 8.45. The number of ether oxygens (including phenoxy) is 5. The van der Waals surface area contributed by atoms with E-state index in [1.54, 1.807) is 0 Å². The van der Waals surface area contributed by atoms with Gasteiger partial charge >= 0.3 is 5.69 Å². The summed E-state index contributed by atoms with van der Waals surface area (Å²) in [6.07, 6.45) is -2.59. The Hall–Kier alpha value is -4.68. The smallest absolute Gasteiger partial charge is 0.317 e. The normalized spacial score (nSPS) is 19.7. The second-order valence-corrected chi connectivity index (χ2v) is 10.2. The Balaban J connectivity index is 1.39. The fourth-order valence-electron chi connectivity index (χ4n) is 4.89. The molecule has 0 amide bonds. The standard InChI is InChI=1S/C33H32N2O9/c36-34(37)27-16-17-29(28(18-27)35(38)39)43-32-19-30(41-21-25-12-6-2-7-13-25)33(42-22-26-14-8-3-9-15-26)31(44-32)23-40-20-24-10-4-1-5-11-24/h1-18,30-33H,19-23H2/t30-,31-,32-,33-/m1/s1. The lowest BCUT2D eigenvalue weighted by Crippen LogP contribution is -2.53. The van der Waals surface area contributed by atoms with Crippen LogP contribution >= 0.6 is 0 Å². The Morgan fingerprint density at radius 1 is 0.705 bits per heavy atom. The Morgan fingerprint density at radius 2 is 1.27 bits per heavy atom. The summed E-state index contributed by atoms with van der Waals surface area (Å²) < 4.78 is 31.2. The van der Waals surface area contributed by atoms with Crippen LogP contribution in [0.5, 0.6) is 5.75 Å². The van der Waals surface area contributed by atoms with Crippen molar-refractivity contribution in [1.82, 2.24) is 0 Å². The molecule has 4 aromatic rings. The minimum Gasteiger partial charge on any atom is -0.458 e. The first-order chi connectivity index (χ1) is 21.5. The molecule has 0 bridgehead atoms. The van der Waals surface area contributed by atoms with Crippen LogP contribution in [0.1, 0.15) is 23.1 Å². The van der Waals surface area contributed by atoms with Crippen LogP contribution in [-0.2, 0) is 38.8 Å². The van der Waals surface area contributed by atoms with E-state index >= 15 is 0 Å². The molecule has 1 aliphatic rings. The average Bonchev–Trinajstić information content (AvgIpc) is 3.04. The van der Waals surface area contributed by atoms with E-state index in [1.807, 2.05) is 91.0 Å². The summed E-state index contributed by atoms with van der Waals surface area (Å²) in [5, 5.41) is 23.0. The summed E-state index contributed by atoms with van der Waals surface area (Å²) >= 11 is 0. The van der Waals surface area contributed by atoms with E-state index < -0.39 is 45.8 Å². The molecule has 1 aliphatic heterocycles. The first kappa shape index (κ1) is 30.8. The molecule has 0 N–H and O–H groups in total. The largest absolute Gasteiger partial charge is 0.458 e. The summed E-state index contributed by atoms with van der Waals surface area (Å²) in [7, 11) is 0. The van der Waals surface area contributed by atoms with E-state index in [-0.39, 0.29) is 18.8 Å². The first-order valence-electron chi connectivity index (χ1n) is 14.1. The molecule has 0 aromatic heterocycles. The summed E-state index contributed by atoms with van der Waals surface area (Å²) in [4.78, 5) is 21.6. The van der Waals surface area contributed by atoms with E-state index in [0.717, 1.165) is 28.8 Å². The Morgan fingerprint density at radius 3 is 1.84 bits per heavy atom. The molecule has 0 unspecified atom stereocenters. The molecule has 0 radical (unpaired) electrons. The average molecular weight is 601 g/mol. The second-order valence-electron chi connectivity index (χ2n) is 10.2. The highest BCUT2D eigenvalue weighted by atomic mass is 16.7. The number of hydrogen-bond donors (Lipinski definition) is 0. The minimum atomic E-state index is -0.988. The molecule has 0 aliphatic carbocycles. The molecule has 11 heteroatoms. The second kappa shape index (κ2) is 15.2. The van der Waals surface area contributed by atoms with Crippen LogP contribution < -0.4 is 4.74 Å². The molecule has 228 valence electrons. The van der Waals surface area contributed by atoms with Gasteiger partial charge in [0.2, 0.25) is 12.0 Å². The van der Waals surface area contributed by atoms with Crippen LogP contribution in [0.4, 0.5) is 11.4 Å². The molecule has 44 heavy (non-hydrogen) atoms.